The van der Waals surface area contributed by atoms with E-state index in [0.29, 0.717) is 17.8 Å². The summed E-state index contributed by atoms with van der Waals surface area (Å²) in [6.45, 7) is 3.70. The molecule has 2 unspecified atom stereocenters. The Kier molecular flexibility index (Phi) is 6.38. The first-order valence-corrected chi connectivity index (χ1v) is 9.03. The van der Waals surface area contributed by atoms with Crippen molar-refractivity contribution < 1.29 is 25.9 Å². The molecule has 11 heteroatoms. The predicted octanol–water partition coefficient (Wildman–Crippen LogP) is -0.633. The summed E-state index contributed by atoms with van der Waals surface area (Å²) in [5, 5.41) is 0. The Bertz CT molecular complexity index is 630. The summed E-state index contributed by atoms with van der Waals surface area (Å²) < 4.78 is 56.5. The van der Waals surface area contributed by atoms with E-state index in [1.54, 1.807) is 19.1 Å². The Morgan fingerprint density at radius 1 is 1.24 bits per heavy atom. The lowest BCUT2D eigenvalue weighted by molar-refractivity contribution is 0.299. The molecule has 7 N–H and O–H groups in total. The molecule has 0 aromatic rings. The van der Waals surface area contributed by atoms with Gasteiger partial charge < -0.3 is 11.5 Å². The third-order valence-electron chi connectivity index (χ3n) is 3.05. The molecule has 1 aliphatic carbocycles. The molecule has 21 heavy (non-hydrogen) atoms. The maximum absolute atomic E-state index is 11.2. The molecule has 0 aromatic carbocycles. The van der Waals surface area contributed by atoms with Gasteiger partial charge in [0, 0.05) is 22.9 Å². The topological polar surface area (TPSA) is 173 Å². The van der Waals surface area contributed by atoms with Gasteiger partial charge in [-0.2, -0.15) is 8.42 Å². The number of hydrogen-bond donors (Lipinski definition) is 5. The first-order chi connectivity index (χ1) is 9.15. The molecule has 124 valence electrons. The van der Waals surface area contributed by atoms with Gasteiger partial charge in [0.1, 0.15) is 0 Å². The van der Waals surface area contributed by atoms with Crippen LogP contribution in [0.25, 0.3) is 0 Å². The average molecular weight is 343 g/mol. The molecule has 0 radical (unpaired) electrons. The Morgan fingerprint density at radius 3 is 2.05 bits per heavy atom. The second-order valence-electron chi connectivity index (χ2n) is 5.02. The van der Waals surface area contributed by atoms with Crippen molar-refractivity contribution in [2.24, 2.45) is 16.9 Å². The van der Waals surface area contributed by atoms with Crippen molar-refractivity contribution in [2.45, 2.75) is 26.3 Å². The largest absolute Gasteiger partial charge is 0.402 e. The van der Waals surface area contributed by atoms with Crippen LogP contribution in [-0.4, -0.2) is 38.2 Å². The van der Waals surface area contributed by atoms with Gasteiger partial charge in [-0.1, -0.05) is 6.92 Å². The number of nitrogens with two attached hydrogens (primary N) is 2. The number of sulfonamides is 1. The lowest BCUT2D eigenvalue weighted by atomic mass is 9.74. The van der Waals surface area contributed by atoms with Gasteiger partial charge in [0.25, 0.3) is 0 Å². The monoisotopic (exact) mass is 343 g/mol. The summed E-state index contributed by atoms with van der Waals surface area (Å²) >= 11 is 0. The Balaban J connectivity index is 0.000000690. The van der Waals surface area contributed by atoms with E-state index in [1.165, 1.54) is 0 Å². The molecule has 0 saturated carbocycles. The smallest absolute Gasteiger partial charge is 0.394 e. The molecule has 1 aliphatic rings. The summed E-state index contributed by atoms with van der Waals surface area (Å²) in [4.78, 5) is 0. The molecule has 0 aliphatic heterocycles. The minimum atomic E-state index is -4.67. The van der Waals surface area contributed by atoms with Crippen molar-refractivity contribution in [1.82, 2.24) is 4.72 Å². The van der Waals surface area contributed by atoms with E-state index >= 15 is 0 Å². The zero-order chi connectivity index (χ0) is 17.1. The fraction of sp³-hybridized carbons (Fsp3) is 0.600. The first kappa shape index (κ1) is 19.9. The van der Waals surface area contributed by atoms with Crippen LogP contribution in [-0.2, 0) is 20.4 Å². The Morgan fingerprint density at radius 2 is 1.67 bits per heavy atom. The van der Waals surface area contributed by atoms with Crippen molar-refractivity contribution >= 4 is 20.4 Å². The van der Waals surface area contributed by atoms with Crippen molar-refractivity contribution in [2.75, 3.05) is 6.26 Å². The normalized spacial score (nSPS) is 24.2. The average Bonchev–Trinajstić information content (AvgIpc) is 2.19. The standard InChI is InChI=1S/C10H19N3O2S.H2O4S/c1-7(13-16(3,14)15)10(2)6-8(11)4-5-9(10)12;1-5(2,3)4/h4-5,7,13H,6,11-12H2,1-3H3;(H2,1,2,3,4). The van der Waals surface area contributed by atoms with Crippen molar-refractivity contribution in [3.63, 3.8) is 0 Å². The molecule has 0 bridgehead atoms. The molecule has 0 aromatic heterocycles. The van der Waals surface area contributed by atoms with Crippen LogP contribution in [0.1, 0.15) is 20.3 Å². The minimum absolute atomic E-state index is 0.300. The highest BCUT2D eigenvalue weighted by Crippen LogP contribution is 2.36. The maximum Gasteiger partial charge on any atom is 0.394 e. The second kappa shape index (κ2) is 6.75. The lowest BCUT2D eigenvalue weighted by Crippen LogP contribution is -2.48. The third kappa shape index (κ3) is 8.02. The molecule has 9 nitrogen and oxygen atoms in total. The van der Waals surface area contributed by atoms with E-state index < -0.39 is 25.8 Å². The minimum Gasteiger partial charge on any atom is -0.402 e. The van der Waals surface area contributed by atoms with Gasteiger partial charge in [-0.05, 0) is 25.5 Å². The van der Waals surface area contributed by atoms with Gasteiger partial charge >= 0.3 is 10.4 Å². The quantitative estimate of drug-likeness (QED) is 0.421. The lowest BCUT2D eigenvalue weighted by Gasteiger charge is -2.38. The van der Waals surface area contributed by atoms with E-state index in [4.69, 9.17) is 29.0 Å². The van der Waals surface area contributed by atoms with Gasteiger partial charge in [0.2, 0.25) is 10.0 Å². The number of rotatable bonds is 3. The van der Waals surface area contributed by atoms with Crippen LogP contribution >= 0.6 is 0 Å². The van der Waals surface area contributed by atoms with Crippen molar-refractivity contribution in [3.8, 4) is 0 Å². The number of hydrogen-bond acceptors (Lipinski definition) is 6. The molecule has 0 amide bonds. The zero-order valence-corrected chi connectivity index (χ0v) is 13.6. The first-order valence-electron chi connectivity index (χ1n) is 5.74. The SMILES string of the molecule is CC(NS(C)(=O)=O)C1(C)CC(N)=CC=C1N.O=S(=O)(O)O. The number of nitrogens with one attached hydrogen (secondary N) is 1. The van der Waals surface area contributed by atoms with Crippen LogP contribution < -0.4 is 16.2 Å². The van der Waals surface area contributed by atoms with Crippen LogP contribution in [0.3, 0.4) is 0 Å². The molecule has 1 rings (SSSR count). The van der Waals surface area contributed by atoms with Gasteiger partial charge in [0.15, 0.2) is 0 Å². The number of allylic oxidation sites excluding steroid dienone is 3. The summed E-state index contributed by atoms with van der Waals surface area (Å²) in [6.07, 6.45) is 5.18. The van der Waals surface area contributed by atoms with E-state index in [-0.39, 0.29) is 6.04 Å². The van der Waals surface area contributed by atoms with E-state index in [1.807, 2.05) is 6.92 Å². The maximum atomic E-state index is 11.2. The second-order valence-corrected chi connectivity index (χ2v) is 7.69. The molecule has 0 saturated heterocycles. The van der Waals surface area contributed by atoms with Crippen molar-refractivity contribution in [3.05, 3.63) is 23.5 Å². The van der Waals surface area contributed by atoms with Crippen LogP contribution in [0.4, 0.5) is 0 Å². The van der Waals surface area contributed by atoms with Crippen LogP contribution in [0.15, 0.2) is 23.5 Å². The van der Waals surface area contributed by atoms with Gasteiger partial charge in [-0.15, -0.1) is 0 Å². The van der Waals surface area contributed by atoms with E-state index in [2.05, 4.69) is 4.72 Å². The van der Waals surface area contributed by atoms with E-state index in [0.717, 1.165) is 6.26 Å². The summed E-state index contributed by atoms with van der Waals surface area (Å²) in [6, 6.07) is -0.300. The predicted molar refractivity (Wildman–Crippen MR) is 78.9 cm³/mol. The molecular formula is C10H21N3O6S2. The van der Waals surface area contributed by atoms with Crippen molar-refractivity contribution in [1.29, 1.82) is 0 Å². The summed E-state index contributed by atoms with van der Waals surface area (Å²) in [5.41, 5.74) is 12.6. The fourth-order valence-electron chi connectivity index (χ4n) is 1.83. The molecule has 0 fully saturated rings. The van der Waals surface area contributed by atoms with E-state index in [9.17, 15) is 8.42 Å². The summed E-state index contributed by atoms with van der Waals surface area (Å²) in [5.74, 6) is 0. The Hall–Kier alpha value is -1.14. The van der Waals surface area contributed by atoms with Gasteiger partial charge in [-0.3, -0.25) is 9.11 Å². The highest BCUT2D eigenvalue weighted by molar-refractivity contribution is 7.88. The van der Waals surface area contributed by atoms with Crippen LogP contribution in [0, 0.1) is 5.41 Å². The molecule has 0 spiro atoms. The third-order valence-corrected chi connectivity index (χ3v) is 3.84. The van der Waals surface area contributed by atoms with Gasteiger partial charge in [-0.25, -0.2) is 13.1 Å². The van der Waals surface area contributed by atoms with Crippen LogP contribution in [0.2, 0.25) is 0 Å². The Labute approximate surface area is 124 Å². The zero-order valence-electron chi connectivity index (χ0n) is 11.9. The van der Waals surface area contributed by atoms with Crippen LogP contribution in [0.5, 0.6) is 0 Å². The fourth-order valence-corrected chi connectivity index (χ4v) is 2.73. The molecule has 0 heterocycles. The highest BCUT2D eigenvalue weighted by atomic mass is 32.3. The highest BCUT2D eigenvalue weighted by Gasteiger charge is 2.37. The molecular weight excluding hydrogens is 322 g/mol. The molecule has 2 atom stereocenters. The summed E-state index contributed by atoms with van der Waals surface area (Å²) in [7, 11) is -7.91. The van der Waals surface area contributed by atoms with Gasteiger partial charge in [0.05, 0.1) is 6.26 Å².